The van der Waals surface area contributed by atoms with E-state index >= 15 is 0 Å². The van der Waals surface area contributed by atoms with Crippen molar-refractivity contribution in [2.24, 2.45) is 0 Å². The van der Waals surface area contributed by atoms with Gasteiger partial charge in [-0.15, -0.1) is 5.69 Å². The number of sulfonamides is 1. The Labute approximate surface area is 169 Å². The third-order valence-corrected chi connectivity index (χ3v) is 5.32. The Morgan fingerprint density at radius 1 is 1.03 bits per heavy atom. The van der Waals surface area contributed by atoms with Gasteiger partial charge in [-0.25, -0.2) is 13.4 Å². The van der Waals surface area contributed by atoms with Crippen LogP contribution in [0, 0.1) is 6.92 Å². The molecular formula is C21H21N3O4S. The number of nitrogens with zero attached hydrogens (tertiary/aromatic N) is 1. The number of amides is 1. The molecule has 29 heavy (non-hydrogen) atoms. The first-order chi connectivity index (χ1) is 13.9. The maximum absolute atomic E-state index is 12.4. The van der Waals surface area contributed by atoms with Crippen molar-refractivity contribution in [1.29, 1.82) is 0 Å². The van der Waals surface area contributed by atoms with Crippen molar-refractivity contribution in [2.75, 3.05) is 6.61 Å². The monoisotopic (exact) mass is 411 g/mol. The summed E-state index contributed by atoms with van der Waals surface area (Å²) >= 11 is 0. The Bertz CT molecular complexity index is 1050. The van der Waals surface area contributed by atoms with E-state index in [4.69, 9.17) is 4.74 Å². The average Bonchev–Trinajstić information content (AvgIpc) is 2.73. The standard InChI is InChI=1S/C21H20N3O4S/c1-16-5-7-17(8-6-16)24-29(26,27)20-11-9-19(10-12-20)28-15-21(25)23-14-18-4-2-3-13-22-18/h2-13H,14-15H2,1H3,(H,23,25)/q-1/p+1. The first-order valence-corrected chi connectivity index (χ1v) is 10.4. The van der Waals surface area contributed by atoms with Gasteiger partial charge in [-0.1, -0.05) is 35.9 Å². The third-order valence-electron chi connectivity index (χ3n) is 4.00. The molecule has 0 saturated heterocycles. The molecule has 7 nitrogen and oxygen atoms in total. The van der Waals surface area contributed by atoms with Crippen LogP contribution in [0.4, 0.5) is 5.69 Å². The van der Waals surface area contributed by atoms with Crippen molar-refractivity contribution in [2.45, 2.75) is 18.4 Å². The predicted octanol–water partition coefficient (Wildman–Crippen LogP) is 2.90. The molecule has 0 aliphatic heterocycles. The van der Waals surface area contributed by atoms with E-state index in [0.717, 1.165) is 11.3 Å². The summed E-state index contributed by atoms with van der Waals surface area (Å²) in [5.74, 6) is 0.106. The Morgan fingerprint density at radius 3 is 2.41 bits per heavy atom. The summed E-state index contributed by atoms with van der Waals surface area (Å²) in [6.45, 7) is 2.10. The molecule has 0 radical (unpaired) electrons. The first kappa shape index (κ1) is 20.3. The second-order valence-electron chi connectivity index (χ2n) is 6.33. The first-order valence-electron chi connectivity index (χ1n) is 8.92. The number of benzene rings is 2. The summed E-state index contributed by atoms with van der Waals surface area (Å²) in [5.41, 5.74) is 2.25. The van der Waals surface area contributed by atoms with Crippen molar-refractivity contribution in [3.8, 4) is 5.75 Å². The van der Waals surface area contributed by atoms with Gasteiger partial charge in [-0.05, 0) is 31.2 Å². The summed E-state index contributed by atoms with van der Waals surface area (Å²) in [7, 11) is -3.83. The van der Waals surface area contributed by atoms with Gasteiger partial charge in [0.15, 0.2) is 18.5 Å². The number of carbonyl (C=O) groups excluding carboxylic acids is 1. The molecule has 150 valence electrons. The number of H-pyrrole nitrogens is 1. The van der Waals surface area contributed by atoms with Crippen LogP contribution in [0.3, 0.4) is 0 Å². The molecule has 0 bridgehead atoms. The molecule has 0 aliphatic rings. The van der Waals surface area contributed by atoms with Gasteiger partial charge in [-0.2, -0.15) is 0 Å². The number of pyridine rings is 1. The Kier molecular flexibility index (Phi) is 6.46. The highest BCUT2D eigenvalue weighted by atomic mass is 32.2. The molecule has 1 heterocycles. The van der Waals surface area contributed by atoms with Crippen molar-refractivity contribution >= 4 is 21.6 Å². The summed E-state index contributed by atoms with van der Waals surface area (Å²) in [4.78, 5) is 14.9. The second kappa shape index (κ2) is 9.20. The fourth-order valence-corrected chi connectivity index (χ4v) is 3.42. The highest BCUT2D eigenvalue weighted by molar-refractivity contribution is 7.94. The number of ether oxygens (including phenoxy) is 1. The van der Waals surface area contributed by atoms with Crippen molar-refractivity contribution in [3.63, 3.8) is 0 Å². The highest BCUT2D eigenvalue weighted by Gasteiger charge is 2.08. The average molecular weight is 411 g/mol. The van der Waals surface area contributed by atoms with E-state index in [1.165, 1.54) is 24.3 Å². The van der Waals surface area contributed by atoms with Crippen LogP contribution in [0.15, 0.2) is 77.8 Å². The Hall–Kier alpha value is -3.39. The van der Waals surface area contributed by atoms with Crippen LogP contribution >= 0.6 is 0 Å². The highest BCUT2D eigenvalue weighted by Crippen LogP contribution is 2.28. The van der Waals surface area contributed by atoms with Gasteiger partial charge in [0.25, 0.3) is 5.91 Å². The molecule has 0 atom stereocenters. The number of carbonyl (C=O) groups is 1. The minimum atomic E-state index is -3.83. The van der Waals surface area contributed by atoms with Crippen LogP contribution in [-0.2, 0) is 21.4 Å². The molecule has 2 aromatic carbocycles. The molecule has 3 rings (SSSR count). The van der Waals surface area contributed by atoms with E-state index in [1.54, 1.807) is 30.5 Å². The van der Waals surface area contributed by atoms with Gasteiger partial charge in [0.05, 0.1) is 4.90 Å². The minimum Gasteiger partial charge on any atom is -0.573 e. The molecule has 0 saturated carbocycles. The summed E-state index contributed by atoms with van der Waals surface area (Å²) < 4.78 is 34.0. The van der Waals surface area contributed by atoms with Crippen molar-refractivity contribution in [1.82, 2.24) is 5.32 Å². The fraction of sp³-hybridized carbons (Fsp3) is 0.143. The number of nitrogens with one attached hydrogen (secondary N) is 2. The van der Waals surface area contributed by atoms with Crippen LogP contribution in [0.1, 0.15) is 11.3 Å². The van der Waals surface area contributed by atoms with Gasteiger partial charge in [0.1, 0.15) is 22.3 Å². The number of hydrogen-bond acceptors (Lipinski definition) is 4. The van der Waals surface area contributed by atoms with Gasteiger partial charge in [0.2, 0.25) is 0 Å². The molecule has 2 N–H and O–H groups in total. The number of aromatic nitrogens is 1. The zero-order valence-corrected chi connectivity index (χ0v) is 16.6. The molecule has 8 heteroatoms. The third kappa shape index (κ3) is 6.05. The smallest absolute Gasteiger partial charge is 0.258 e. The second-order valence-corrected chi connectivity index (χ2v) is 7.93. The zero-order chi connectivity index (χ0) is 20.7. The molecule has 0 unspecified atom stereocenters. The van der Waals surface area contributed by atoms with Crippen LogP contribution in [0.2, 0.25) is 0 Å². The topological polar surface area (TPSA) is 101 Å². The molecule has 0 spiro atoms. The van der Waals surface area contributed by atoms with Gasteiger partial charge >= 0.3 is 0 Å². The number of aromatic amines is 1. The van der Waals surface area contributed by atoms with E-state index in [-0.39, 0.29) is 17.4 Å². The van der Waals surface area contributed by atoms with Gasteiger partial charge < -0.3 is 14.8 Å². The molecule has 1 aromatic heterocycles. The molecule has 1 amide bonds. The Balaban J connectivity index is 1.52. The van der Waals surface area contributed by atoms with Crippen LogP contribution in [0.25, 0.3) is 4.72 Å². The lowest BCUT2D eigenvalue weighted by molar-refractivity contribution is -0.390. The summed E-state index contributed by atoms with van der Waals surface area (Å²) in [6.07, 6.45) is 1.78. The largest absolute Gasteiger partial charge is 0.573 e. The molecule has 3 aromatic rings. The predicted molar refractivity (Wildman–Crippen MR) is 108 cm³/mol. The number of rotatable bonds is 8. The van der Waals surface area contributed by atoms with E-state index in [0.29, 0.717) is 18.0 Å². The van der Waals surface area contributed by atoms with E-state index in [9.17, 15) is 13.2 Å². The van der Waals surface area contributed by atoms with E-state index < -0.39 is 10.0 Å². The van der Waals surface area contributed by atoms with Crippen LogP contribution < -0.4 is 15.0 Å². The lowest BCUT2D eigenvalue weighted by atomic mass is 10.2. The fourth-order valence-electron chi connectivity index (χ4n) is 2.44. The van der Waals surface area contributed by atoms with Crippen molar-refractivity contribution < 1.29 is 22.9 Å². The van der Waals surface area contributed by atoms with Crippen LogP contribution in [0.5, 0.6) is 5.75 Å². The van der Waals surface area contributed by atoms with E-state index in [1.807, 2.05) is 25.1 Å². The zero-order valence-electron chi connectivity index (χ0n) is 15.8. The van der Waals surface area contributed by atoms with Crippen molar-refractivity contribution in [3.05, 3.63) is 88.9 Å². The maximum Gasteiger partial charge on any atom is 0.258 e. The quantitative estimate of drug-likeness (QED) is 0.616. The summed E-state index contributed by atoms with van der Waals surface area (Å²) in [5, 5.41) is 2.73. The van der Waals surface area contributed by atoms with Crippen LogP contribution in [-0.4, -0.2) is 20.9 Å². The number of aryl methyl sites for hydroxylation is 1. The lowest BCUT2D eigenvalue weighted by Gasteiger charge is -2.22. The molecule has 0 fully saturated rings. The maximum atomic E-state index is 12.4. The van der Waals surface area contributed by atoms with E-state index in [2.05, 4.69) is 15.0 Å². The Morgan fingerprint density at radius 2 is 1.76 bits per heavy atom. The molecular weight excluding hydrogens is 390 g/mol. The minimum absolute atomic E-state index is 0.0505. The SMILES string of the molecule is Cc1ccc([N-]S(=O)(=O)c2ccc(OCC(=O)NCc3cccc[nH+]3)cc2)cc1. The number of hydrogen-bond donors (Lipinski definition) is 1. The lowest BCUT2D eigenvalue weighted by Crippen LogP contribution is -2.30. The molecule has 0 aliphatic carbocycles. The normalized spacial score (nSPS) is 10.9. The summed E-state index contributed by atoms with van der Waals surface area (Å²) in [6, 6.07) is 18.3. The van der Waals surface area contributed by atoms with Gasteiger partial charge in [0, 0.05) is 12.1 Å². The van der Waals surface area contributed by atoms with Gasteiger partial charge in [-0.3, -0.25) is 4.79 Å².